The first-order valence-electron chi connectivity index (χ1n) is 13.9. The molecule has 2 heterocycles. The van der Waals surface area contributed by atoms with Gasteiger partial charge in [0.2, 0.25) is 5.91 Å². The summed E-state index contributed by atoms with van der Waals surface area (Å²) in [6.45, 7) is 0. The minimum Gasteiger partial charge on any atom is -0.295 e. The number of rotatable bonds is 6. The van der Waals surface area contributed by atoms with Crippen LogP contribution < -0.4 is 10.5 Å². The van der Waals surface area contributed by atoms with E-state index in [1.165, 1.54) is 17.8 Å². The molecular weight excluding hydrogens is 572 g/mol. The van der Waals surface area contributed by atoms with Crippen LogP contribution in [0, 0.1) is 10.1 Å². The van der Waals surface area contributed by atoms with Gasteiger partial charge in [-0.1, -0.05) is 78.9 Å². The molecule has 0 N–H and O–H groups in total. The fraction of sp³-hybridized carbons (Fsp3) is 0.0571. The number of carbonyl (C=O) groups is 1. The Hall–Kier alpha value is -5.54. The van der Waals surface area contributed by atoms with Crippen LogP contribution in [0.4, 0.5) is 11.4 Å². The highest BCUT2D eigenvalue weighted by molar-refractivity contribution is 8.00. The molecule has 0 spiro atoms. The van der Waals surface area contributed by atoms with Gasteiger partial charge in [-0.15, -0.1) is 11.8 Å². The summed E-state index contributed by atoms with van der Waals surface area (Å²) in [6.07, 6.45) is 0. The molecule has 5 aromatic carbocycles. The fourth-order valence-electron chi connectivity index (χ4n) is 5.57. The van der Waals surface area contributed by atoms with Crippen molar-refractivity contribution in [3.8, 4) is 28.2 Å². The molecule has 1 atom stereocenters. The number of amides is 1. The van der Waals surface area contributed by atoms with Gasteiger partial charge in [0.25, 0.3) is 11.2 Å². The number of anilines is 1. The Balaban J connectivity index is 1.22. The summed E-state index contributed by atoms with van der Waals surface area (Å²) in [5.41, 5.74) is 5.05. The molecule has 9 heteroatoms. The third kappa shape index (κ3) is 4.83. The molecule has 8 nitrogen and oxygen atoms in total. The van der Waals surface area contributed by atoms with Crippen LogP contribution in [0.25, 0.3) is 39.1 Å². The van der Waals surface area contributed by atoms with Crippen molar-refractivity contribution in [3.05, 3.63) is 153 Å². The fourth-order valence-corrected chi connectivity index (χ4v) is 6.77. The summed E-state index contributed by atoms with van der Waals surface area (Å²) in [6, 6.07) is 38.8. The highest BCUT2D eigenvalue weighted by Crippen LogP contribution is 2.45. The number of benzene rings is 5. The Kier molecular flexibility index (Phi) is 7.00. The van der Waals surface area contributed by atoms with Crippen molar-refractivity contribution in [1.29, 1.82) is 0 Å². The number of hydrogen-bond acceptors (Lipinski definition) is 6. The lowest BCUT2D eigenvalue weighted by atomic mass is 10.0. The van der Waals surface area contributed by atoms with Crippen molar-refractivity contribution >= 4 is 39.9 Å². The smallest absolute Gasteiger partial charge is 0.275 e. The van der Waals surface area contributed by atoms with Crippen molar-refractivity contribution in [2.24, 2.45) is 0 Å². The van der Waals surface area contributed by atoms with Gasteiger partial charge in [0.1, 0.15) is 11.2 Å². The normalized spacial score (nSPS) is 14.7. The molecule has 1 amide bonds. The highest BCUT2D eigenvalue weighted by atomic mass is 32.2. The van der Waals surface area contributed by atoms with Crippen LogP contribution in [-0.2, 0) is 4.79 Å². The van der Waals surface area contributed by atoms with Crippen LogP contribution in [-0.4, -0.2) is 26.1 Å². The average Bonchev–Trinajstić information content (AvgIpc) is 3.46. The third-order valence-corrected chi connectivity index (χ3v) is 8.87. The van der Waals surface area contributed by atoms with E-state index in [0.29, 0.717) is 33.7 Å². The van der Waals surface area contributed by atoms with E-state index < -0.39 is 10.3 Å². The number of para-hydroxylation sites is 2. The van der Waals surface area contributed by atoms with Crippen molar-refractivity contribution in [2.75, 3.05) is 10.7 Å². The molecule has 44 heavy (non-hydrogen) atoms. The predicted molar refractivity (Wildman–Crippen MR) is 174 cm³/mol. The number of fused-ring (bicyclic) bond motifs is 1. The Morgan fingerprint density at radius 1 is 0.705 bits per heavy atom. The van der Waals surface area contributed by atoms with Gasteiger partial charge in [0, 0.05) is 17.3 Å². The lowest BCUT2D eigenvalue weighted by molar-refractivity contribution is -0.385. The molecule has 1 aliphatic rings. The third-order valence-electron chi connectivity index (χ3n) is 7.68. The van der Waals surface area contributed by atoms with Crippen molar-refractivity contribution in [1.82, 2.24) is 9.55 Å². The molecule has 214 valence electrons. The number of nitro groups is 1. The lowest BCUT2D eigenvalue weighted by Gasteiger charge is -2.24. The maximum absolute atomic E-state index is 13.7. The van der Waals surface area contributed by atoms with E-state index in [-0.39, 0.29) is 22.9 Å². The summed E-state index contributed by atoms with van der Waals surface area (Å²) in [7, 11) is 0. The summed E-state index contributed by atoms with van der Waals surface area (Å²) in [4.78, 5) is 44.3. The van der Waals surface area contributed by atoms with Crippen LogP contribution in [0.1, 0.15) is 10.9 Å². The second kappa shape index (κ2) is 11.3. The summed E-state index contributed by atoms with van der Waals surface area (Å²) < 4.78 is 1.64. The van der Waals surface area contributed by atoms with Crippen molar-refractivity contribution in [2.45, 2.75) is 5.37 Å². The van der Waals surface area contributed by atoms with Crippen LogP contribution in [0.5, 0.6) is 0 Å². The zero-order valence-corrected chi connectivity index (χ0v) is 24.1. The van der Waals surface area contributed by atoms with Gasteiger partial charge >= 0.3 is 0 Å². The summed E-state index contributed by atoms with van der Waals surface area (Å²) >= 11 is 1.38. The predicted octanol–water partition coefficient (Wildman–Crippen LogP) is 7.41. The van der Waals surface area contributed by atoms with Crippen LogP contribution in [0.15, 0.2) is 132 Å². The topological polar surface area (TPSA) is 98.3 Å². The molecule has 1 saturated heterocycles. The summed E-state index contributed by atoms with van der Waals surface area (Å²) in [5.74, 6) is 0.708. The first-order chi connectivity index (χ1) is 21.5. The first kappa shape index (κ1) is 27.3. The molecule has 0 radical (unpaired) electrons. The number of nitrogens with zero attached hydrogens (tertiary/aromatic N) is 4. The van der Waals surface area contributed by atoms with E-state index in [9.17, 15) is 19.7 Å². The van der Waals surface area contributed by atoms with Crippen molar-refractivity contribution in [3.63, 3.8) is 0 Å². The Labute approximate surface area is 256 Å². The van der Waals surface area contributed by atoms with Crippen LogP contribution in [0.2, 0.25) is 0 Å². The van der Waals surface area contributed by atoms with Gasteiger partial charge in [-0.25, -0.2) is 4.98 Å². The Morgan fingerprint density at radius 3 is 2.02 bits per heavy atom. The van der Waals surface area contributed by atoms with Gasteiger partial charge in [-0.05, 0) is 53.6 Å². The zero-order valence-electron chi connectivity index (χ0n) is 23.2. The van der Waals surface area contributed by atoms with Crippen LogP contribution >= 0.6 is 11.8 Å². The second-order valence-electron chi connectivity index (χ2n) is 10.3. The molecule has 0 saturated carbocycles. The van der Waals surface area contributed by atoms with Crippen LogP contribution in [0.3, 0.4) is 0 Å². The standard InChI is InChI=1S/C35H24N4O4S/c40-32-22-44-35(29-11-5-7-13-31(29)39(42)43)37(32)26-18-14-23(15-19-26)24-16-20-27(21-17-24)38-33(25-8-2-1-3-9-25)36-30-12-6-4-10-28(30)34(38)41/h1-21,35H,22H2. The molecule has 6 aromatic rings. The first-order valence-corrected chi connectivity index (χ1v) is 15.0. The van der Waals surface area contributed by atoms with Gasteiger partial charge in [0.15, 0.2) is 0 Å². The van der Waals surface area contributed by atoms with Gasteiger partial charge in [-0.3, -0.25) is 29.2 Å². The van der Waals surface area contributed by atoms with E-state index >= 15 is 0 Å². The number of thioether (sulfide) groups is 1. The molecule has 1 unspecified atom stereocenters. The number of nitro benzene ring substituents is 1. The highest BCUT2D eigenvalue weighted by Gasteiger charge is 2.37. The minimum atomic E-state index is -0.484. The van der Waals surface area contributed by atoms with E-state index in [1.807, 2.05) is 97.1 Å². The average molecular weight is 597 g/mol. The van der Waals surface area contributed by atoms with Crippen molar-refractivity contribution < 1.29 is 9.72 Å². The molecule has 0 aliphatic carbocycles. The zero-order chi connectivity index (χ0) is 30.2. The lowest BCUT2D eigenvalue weighted by Crippen LogP contribution is -2.28. The van der Waals surface area contributed by atoms with Gasteiger partial charge in [0.05, 0.1) is 32.8 Å². The van der Waals surface area contributed by atoms with E-state index in [0.717, 1.165) is 16.7 Å². The molecule has 1 fully saturated rings. The molecule has 7 rings (SSSR count). The SMILES string of the molecule is O=C1CSC(c2ccccc2[N+](=O)[O-])N1c1ccc(-c2ccc(-n3c(-c4ccccc4)nc4ccccc4c3=O)cc2)cc1. The quantitative estimate of drug-likeness (QED) is 0.147. The van der Waals surface area contributed by atoms with E-state index in [4.69, 9.17) is 4.98 Å². The molecule has 1 aliphatic heterocycles. The maximum atomic E-state index is 13.7. The molecule has 0 bridgehead atoms. The Morgan fingerprint density at radius 2 is 1.32 bits per heavy atom. The molecule has 1 aromatic heterocycles. The maximum Gasteiger partial charge on any atom is 0.275 e. The van der Waals surface area contributed by atoms with E-state index in [2.05, 4.69) is 0 Å². The number of aromatic nitrogens is 2. The largest absolute Gasteiger partial charge is 0.295 e. The summed E-state index contributed by atoms with van der Waals surface area (Å²) in [5, 5.41) is 11.7. The Bertz CT molecular complexity index is 2100. The van der Waals surface area contributed by atoms with Gasteiger partial charge in [-0.2, -0.15) is 0 Å². The van der Waals surface area contributed by atoms with Gasteiger partial charge < -0.3 is 0 Å². The number of carbonyl (C=O) groups excluding carboxylic acids is 1. The second-order valence-corrected chi connectivity index (χ2v) is 11.4. The van der Waals surface area contributed by atoms with E-state index in [1.54, 1.807) is 33.7 Å². The monoisotopic (exact) mass is 596 g/mol. The minimum absolute atomic E-state index is 0.00227. The molecular formula is C35H24N4O4S. The number of hydrogen-bond donors (Lipinski definition) is 0.